The highest BCUT2D eigenvalue weighted by atomic mass is 35.5. The van der Waals surface area contributed by atoms with E-state index in [1.54, 1.807) is 18.0 Å². The molecule has 5 nitrogen and oxygen atoms in total. The molecule has 33 heavy (non-hydrogen) atoms. The zero-order chi connectivity index (χ0) is 23.5. The Bertz CT molecular complexity index is 1090. The number of nitrogens with zero attached hydrogens (tertiary/aromatic N) is 1. The first-order valence-electron chi connectivity index (χ1n) is 10.6. The molecule has 3 rings (SSSR count). The summed E-state index contributed by atoms with van der Waals surface area (Å²) in [6, 6.07) is 21.4. The van der Waals surface area contributed by atoms with E-state index in [0.717, 1.165) is 16.9 Å². The maximum absolute atomic E-state index is 12.0. The molecule has 0 heterocycles. The lowest BCUT2D eigenvalue weighted by Gasteiger charge is -2.12. The lowest BCUT2D eigenvalue weighted by Crippen LogP contribution is -2.19. The highest BCUT2D eigenvalue weighted by Crippen LogP contribution is 2.29. The van der Waals surface area contributed by atoms with E-state index in [9.17, 15) is 4.79 Å². The smallest absolute Gasteiger partial charge is 0.250 e. The number of hydrazone groups is 1. The van der Waals surface area contributed by atoms with Gasteiger partial charge in [-0.2, -0.15) is 5.10 Å². The summed E-state index contributed by atoms with van der Waals surface area (Å²) in [5.74, 6) is 2.22. The first-order valence-corrected chi connectivity index (χ1v) is 12.2. The number of benzene rings is 3. The minimum absolute atomic E-state index is 0.144. The quantitative estimate of drug-likeness (QED) is 0.268. The van der Waals surface area contributed by atoms with Crippen LogP contribution in [0.2, 0.25) is 5.02 Å². The predicted octanol–water partition coefficient (Wildman–Crippen LogP) is 6.01. The molecule has 0 spiro atoms. The van der Waals surface area contributed by atoms with E-state index in [1.165, 1.54) is 11.1 Å². The van der Waals surface area contributed by atoms with Gasteiger partial charge in [0.1, 0.15) is 6.61 Å². The second-order valence-electron chi connectivity index (χ2n) is 7.33. The number of hydrogen-bond acceptors (Lipinski definition) is 5. The van der Waals surface area contributed by atoms with E-state index in [2.05, 4.69) is 41.7 Å². The molecule has 0 aliphatic rings. The molecule has 7 heteroatoms. The van der Waals surface area contributed by atoms with Crippen molar-refractivity contribution in [1.29, 1.82) is 0 Å². The van der Waals surface area contributed by atoms with Crippen molar-refractivity contribution in [2.45, 2.75) is 26.2 Å². The summed E-state index contributed by atoms with van der Waals surface area (Å²) in [6.07, 6.45) is 1.59. The first kappa shape index (κ1) is 24.7. The summed E-state index contributed by atoms with van der Waals surface area (Å²) in [5, 5.41) is 4.73. The third kappa shape index (κ3) is 8.48. The average Bonchev–Trinajstić information content (AvgIpc) is 2.80. The van der Waals surface area contributed by atoms with E-state index in [-0.39, 0.29) is 5.91 Å². The Labute approximate surface area is 204 Å². The van der Waals surface area contributed by atoms with Crippen LogP contribution in [0.5, 0.6) is 11.5 Å². The zero-order valence-corrected chi connectivity index (χ0v) is 20.3. The summed E-state index contributed by atoms with van der Waals surface area (Å²) < 4.78 is 11.6. The number of thioether (sulfide) groups is 1. The fourth-order valence-electron chi connectivity index (χ4n) is 2.94. The molecule has 1 amide bonds. The van der Waals surface area contributed by atoms with Crippen LogP contribution in [0.25, 0.3) is 0 Å². The minimum atomic E-state index is -0.144. The first-order chi connectivity index (χ1) is 16.0. The lowest BCUT2D eigenvalue weighted by molar-refractivity contribution is -0.118. The minimum Gasteiger partial charge on any atom is -0.490 e. The van der Waals surface area contributed by atoms with E-state index < -0.39 is 0 Å². The van der Waals surface area contributed by atoms with Crippen molar-refractivity contribution in [3.63, 3.8) is 0 Å². The molecule has 1 N–H and O–H groups in total. The number of nitrogens with one attached hydrogen (secondary N) is 1. The number of rotatable bonds is 11. The molecule has 0 saturated carbocycles. The maximum Gasteiger partial charge on any atom is 0.250 e. The summed E-state index contributed by atoms with van der Waals surface area (Å²) in [5.41, 5.74) is 6.76. The fraction of sp³-hybridized carbons (Fsp3) is 0.231. The van der Waals surface area contributed by atoms with Gasteiger partial charge in [0.15, 0.2) is 11.5 Å². The molecule has 0 bridgehead atoms. The molecule has 0 fully saturated rings. The van der Waals surface area contributed by atoms with Crippen molar-refractivity contribution in [2.24, 2.45) is 5.10 Å². The Morgan fingerprint density at radius 3 is 2.61 bits per heavy atom. The molecular formula is C26H27ClN2O3S. The van der Waals surface area contributed by atoms with Crippen LogP contribution < -0.4 is 14.9 Å². The van der Waals surface area contributed by atoms with E-state index in [0.29, 0.717) is 35.5 Å². The van der Waals surface area contributed by atoms with Crippen molar-refractivity contribution in [3.8, 4) is 11.5 Å². The van der Waals surface area contributed by atoms with Gasteiger partial charge in [-0.25, -0.2) is 5.43 Å². The second kappa shape index (κ2) is 12.9. The molecule has 0 unspecified atom stereocenters. The van der Waals surface area contributed by atoms with Gasteiger partial charge in [-0.3, -0.25) is 4.79 Å². The number of carbonyl (C=O) groups is 1. The number of hydrogen-bond donors (Lipinski definition) is 1. The highest BCUT2D eigenvalue weighted by Gasteiger charge is 2.07. The normalized spacial score (nSPS) is 10.9. The average molecular weight is 483 g/mol. The van der Waals surface area contributed by atoms with Gasteiger partial charge in [-0.1, -0.05) is 53.6 Å². The topological polar surface area (TPSA) is 59.9 Å². The van der Waals surface area contributed by atoms with E-state index in [1.807, 2.05) is 49.4 Å². The SMILES string of the molecule is CCOc1cc(/C=N\NC(=O)CSCc2ccc(C)cc2)ccc1OCc1cccc(Cl)c1. The molecule has 3 aromatic rings. The van der Waals surface area contributed by atoms with Crippen molar-refractivity contribution in [2.75, 3.05) is 12.4 Å². The van der Waals surface area contributed by atoms with Crippen molar-refractivity contribution in [1.82, 2.24) is 5.43 Å². The Morgan fingerprint density at radius 2 is 1.85 bits per heavy atom. The monoisotopic (exact) mass is 482 g/mol. The van der Waals surface area contributed by atoms with Gasteiger partial charge in [0.05, 0.1) is 18.6 Å². The van der Waals surface area contributed by atoms with Crippen LogP contribution in [0.3, 0.4) is 0 Å². The summed E-state index contributed by atoms with van der Waals surface area (Å²) in [7, 11) is 0. The molecule has 172 valence electrons. The third-order valence-corrected chi connectivity index (χ3v) is 5.82. The van der Waals surface area contributed by atoms with Gasteiger partial charge in [0.25, 0.3) is 0 Å². The molecule has 0 aliphatic carbocycles. The van der Waals surface area contributed by atoms with Gasteiger partial charge in [-0.05, 0) is 60.9 Å². The molecular weight excluding hydrogens is 456 g/mol. The number of ether oxygens (including phenoxy) is 2. The number of amides is 1. The van der Waals surface area contributed by atoms with Crippen LogP contribution in [0.15, 0.2) is 71.8 Å². The Hall–Kier alpha value is -2.96. The molecule has 0 saturated heterocycles. The summed E-state index contributed by atoms with van der Waals surface area (Å²) >= 11 is 7.59. The lowest BCUT2D eigenvalue weighted by atomic mass is 10.2. The van der Waals surface area contributed by atoms with E-state index in [4.69, 9.17) is 21.1 Å². The molecule has 0 aliphatic heterocycles. The number of carbonyl (C=O) groups excluding carboxylic acids is 1. The van der Waals surface area contributed by atoms with Gasteiger partial charge >= 0.3 is 0 Å². The van der Waals surface area contributed by atoms with Gasteiger partial charge in [-0.15, -0.1) is 11.8 Å². The Kier molecular flexibility index (Phi) is 9.66. The summed E-state index contributed by atoms with van der Waals surface area (Å²) in [4.78, 5) is 12.0. The molecule has 0 aromatic heterocycles. The van der Waals surface area contributed by atoms with Gasteiger partial charge < -0.3 is 9.47 Å². The van der Waals surface area contributed by atoms with Gasteiger partial charge in [0.2, 0.25) is 5.91 Å². The Morgan fingerprint density at radius 1 is 1.03 bits per heavy atom. The fourth-order valence-corrected chi connectivity index (χ4v) is 3.93. The van der Waals surface area contributed by atoms with Crippen LogP contribution in [0.1, 0.15) is 29.2 Å². The number of aryl methyl sites for hydroxylation is 1. The highest BCUT2D eigenvalue weighted by molar-refractivity contribution is 7.99. The van der Waals surface area contributed by atoms with Gasteiger partial charge in [0, 0.05) is 10.8 Å². The van der Waals surface area contributed by atoms with Crippen LogP contribution in [0.4, 0.5) is 0 Å². The van der Waals surface area contributed by atoms with Crippen LogP contribution >= 0.6 is 23.4 Å². The predicted molar refractivity (Wildman–Crippen MR) is 136 cm³/mol. The van der Waals surface area contributed by atoms with Crippen LogP contribution in [-0.4, -0.2) is 24.5 Å². The van der Waals surface area contributed by atoms with Crippen molar-refractivity contribution in [3.05, 3.63) is 94.0 Å². The third-order valence-electron chi connectivity index (χ3n) is 4.58. The zero-order valence-electron chi connectivity index (χ0n) is 18.7. The summed E-state index contributed by atoms with van der Waals surface area (Å²) in [6.45, 7) is 4.85. The maximum atomic E-state index is 12.0. The number of halogens is 1. The molecule has 0 radical (unpaired) electrons. The Balaban J connectivity index is 1.50. The largest absolute Gasteiger partial charge is 0.490 e. The standard InChI is InChI=1S/C26H27ClN2O3S/c1-3-31-25-14-21(11-12-24(25)32-16-22-5-4-6-23(27)13-22)15-28-29-26(30)18-33-17-20-9-7-19(2)8-10-20/h4-15H,3,16-18H2,1-2H3,(H,29,30)/b28-15-. The van der Waals surface area contributed by atoms with Crippen LogP contribution in [0, 0.1) is 6.92 Å². The second-order valence-corrected chi connectivity index (χ2v) is 8.75. The molecule has 3 aromatic carbocycles. The molecule has 0 atom stereocenters. The van der Waals surface area contributed by atoms with Crippen molar-refractivity contribution < 1.29 is 14.3 Å². The van der Waals surface area contributed by atoms with E-state index >= 15 is 0 Å². The van der Waals surface area contributed by atoms with Crippen LogP contribution in [-0.2, 0) is 17.2 Å². The van der Waals surface area contributed by atoms with Crippen molar-refractivity contribution >= 4 is 35.5 Å².